The number of aliphatic imine (C=N–C) groups is 1. The smallest absolute Gasteiger partial charge is 0.298 e. The number of alkyl halides is 3. The van der Waals surface area contributed by atoms with Gasteiger partial charge in [0.1, 0.15) is 0 Å². The number of rotatable bonds is 2. The maximum absolute atomic E-state index is 12.1. The SMILES string of the molecule is FC(F)(F)c1ccccc1NCl.O=C=Nc1ccccc1. The monoisotopic (exact) mass is 314 g/mol. The predicted molar refractivity (Wildman–Crippen MR) is 75.1 cm³/mol. The van der Waals surface area contributed by atoms with Crippen molar-refractivity contribution in [3.63, 3.8) is 0 Å². The van der Waals surface area contributed by atoms with E-state index in [0.29, 0.717) is 5.69 Å². The Morgan fingerprint density at radius 1 is 1.00 bits per heavy atom. The number of anilines is 1. The molecule has 0 spiro atoms. The number of benzene rings is 2. The molecule has 0 fully saturated rings. The first-order valence-corrected chi connectivity index (χ1v) is 6.02. The number of isocyanates is 1. The third-order valence-corrected chi connectivity index (χ3v) is 2.47. The van der Waals surface area contributed by atoms with Gasteiger partial charge in [-0.15, -0.1) is 0 Å². The van der Waals surface area contributed by atoms with Gasteiger partial charge >= 0.3 is 6.18 Å². The van der Waals surface area contributed by atoms with Crippen molar-refractivity contribution in [3.8, 4) is 0 Å². The summed E-state index contributed by atoms with van der Waals surface area (Å²) >= 11 is 5.09. The van der Waals surface area contributed by atoms with Crippen LogP contribution in [0.25, 0.3) is 0 Å². The fraction of sp³-hybridized carbons (Fsp3) is 0.0714. The third kappa shape index (κ3) is 5.69. The van der Waals surface area contributed by atoms with Gasteiger partial charge in [-0.3, -0.25) is 4.84 Å². The molecular weight excluding hydrogens is 305 g/mol. The van der Waals surface area contributed by atoms with E-state index < -0.39 is 11.7 Å². The van der Waals surface area contributed by atoms with Gasteiger partial charge in [0.25, 0.3) is 0 Å². The molecule has 0 aliphatic rings. The van der Waals surface area contributed by atoms with E-state index in [9.17, 15) is 18.0 Å². The van der Waals surface area contributed by atoms with Crippen LogP contribution in [0.1, 0.15) is 5.56 Å². The van der Waals surface area contributed by atoms with Crippen molar-refractivity contribution in [1.29, 1.82) is 0 Å². The molecule has 2 rings (SSSR count). The second kappa shape index (κ2) is 8.09. The molecule has 110 valence electrons. The number of hydrogen-bond acceptors (Lipinski definition) is 3. The number of nitrogens with one attached hydrogen (secondary N) is 1. The topological polar surface area (TPSA) is 41.5 Å². The van der Waals surface area contributed by atoms with Crippen LogP contribution in [0.15, 0.2) is 59.6 Å². The second-order valence-electron chi connectivity index (χ2n) is 3.68. The van der Waals surface area contributed by atoms with Gasteiger partial charge in [-0.1, -0.05) is 30.3 Å². The first kappa shape index (κ1) is 16.8. The lowest BCUT2D eigenvalue weighted by atomic mass is 10.2. The molecule has 21 heavy (non-hydrogen) atoms. The fourth-order valence-corrected chi connectivity index (χ4v) is 1.53. The van der Waals surface area contributed by atoms with E-state index in [1.165, 1.54) is 24.3 Å². The highest BCUT2D eigenvalue weighted by Crippen LogP contribution is 2.34. The van der Waals surface area contributed by atoms with E-state index in [4.69, 9.17) is 11.8 Å². The molecule has 0 heterocycles. The number of hydrogen-bond donors (Lipinski definition) is 1. The van der Waals surface area contributed by atoms with Crippen molar-refractivity contribution < 1.29 is 18.0 Å². The lowest BCUT2D eigenvalue weighted by molar-refractivity contribution is -0.136. The summed E-state index contributed by atoms with van der Waals surface area (Å²) in [7, 11) is 0. The maximum atomic E-state index is 12.1. The molecule has 0 aliphatic heterocycles. The maximum Gasteiger partial charge on any atom is 0.418 e. The first-order chi connectivity index (χ1) is 9.99. The van der Waals surface area contributed by atoms with E-state index >= 15 is 0 Å². The van der Waals surface area contributed by atoms with Crippen LogP contribution in [-0.2, 0) is 11.0 Å². The molecule has 0 saturated heterocycles. The second-order valence-corrected chi connectivity index (χ2v) is 3.87. The van der Waals surface area contributed by atoms with Gasteiger partial charge in [0.15, 0.2) is 0 Å². The van der Waals surface area contributed by atoms with Gasteiger partial charge in [0.2, 0.25) is 6.08 Å². The first-order valence-electron chi connectivity index (χ1n) is 5.65. The summed E-state index contributed by atoms with van der Waals surface area (Å²) in [5.41, 5.74) is -0.251. The summed E-state index contributed by atoms with van der Waals surface area (Å²) in [6.07, 6.45) is -2.90. The highest BCUT2D eigenvalue weighted by Gasteiger charge is 2.32. The molecule has 1 N–H and O–H groups in total. The minimum absolute atomic E-state index is 0.133. The van der Waals surface area contributed by atoms with Crippen LogP contribution in [0, 0.1) is 0 Å². The van der Waals surface area contributed by atoms with Crippen LogP contribution >= 0.6 is 11.8 Å². The Hall–Kier alpha value is -2.30. The van der Waals surface area contributed by atoms with Crippen molar-refractivity contribution in [2.24, 2.45) is 4.99 Å². The number of nitrogens with zero attached hydrogens (tertiary/aromatic N) is 1. The molecule has 0 saturated carbocycles. The van der Waals surface area contributed by atoms with E-state index in [1.807, 2.05) is 23.0 Å². The van der Waals surface area contributed by atoms with E-state index in [-0.39, 0.29) is 5.69 Å². The molecule has 0 aromatic heterocycles. The summed E-state index contributed by atoms with van der Waals surface area (Å²) in [5, 5.41) is 0. The Bertz CT molecular complexity index is 611. The average molecular weight is 315 g/mol. The third-order valence-electron chi connectivity index (χ3n) is 2.27. The standard InChI is InChI=1S/C7H5ClF3N.C7H5NO/c8-12-6-4-2-1-3-5(6)7(9,10)11;9-6-8-7-4-2-1-3-5-7/h1-4,12H;1-5H. The van der Waals surface area contributed by atoms with E-state index in [0.717, 1.165) is 6.07 Å². The van der Waals surface area contributed by atoms with Crippen LogP contribution in [-0.4, -0.2) is 6.08 Å². The van der Waals surface area contributed by atoms with Crippen LogP contribution < -0.4 is 4.84 Å². The van der Waals surface area contributed by atoms with Crippen LogP contribution in [0.3, 0.4) is 0 Å². The van der Waals surface area contributed by atoms with Crippen molar-refractivity contribution in [2.45, 2.75) is 6.18 Å². The molecule has 0 atom stereocenters. The number of carbonyl (C=O) groups excluding carboxylic acids is 1. The Kier molecular flexibility index (Phi) is 6.46. The molecule has 2 aromatic rings. The van der Waals surface area contributed by atoms with Crippen LogP contribution in [0.4, 0.5) is 24.5 Å². The van der Waals surface area contributed by atoms with Gasteiger partial charge in [0.05, 0.1) is 16.9 Å². The van der Waals surface area contributed by atoms with Gasteiger partial charge in [-0.25, -0.2) is 4.79 Å². The van der Waals surface area contributed by atoms with Gasteiger partial charge in [0, 0.05) is 11.8 Å². The minimum Gasteiger partial charge on any atom is -0.298 e. The minimum atomic E-state index is -4.36. The zero-order valence-corrected chi connectivity index (χ0v) is 11.3. The molecule has 7 heteroatoms. The zero-order chi connectivity index (χ0) is 15.7. The van der Waals surface area contributed by atoms with Crippen molar-refractivity contribution in [1.82, 2.24) is 0 Å². The summed E-state index contributed by atoms with van der Waals surface area (Å²) in [5.74, 6) is 0. The molecule has 0 radical (unpaired) electrons. The lowest BCUT2D eigenvalue weighted by Crippen LogP contribution is -2.06. The van der Waals surface area contributed by atoms with Crippen LogP contribution in [0.2, 0.25) is 0 Å². The Morgan fingerprint density at radius 2 is 1.57 bits per heavy atom. The van der Waals surface area contributed by atoms with Gasteiger partial charge < -0.3 is 0 Å². The molecule has 0 aliphatic carbocycles. The summed E-state index contributed by atoms with van der Waals surface area (Å²) in [6.45, 7) is 0. The normalized spacial score (nSPS) is 9.90. The Balaban J connectivity index is 0.000000219. The van der Waals surface area contributed by atoms with Gasteiger partial charge in [-0.2, -0.15) is 18.2 Å². The quantitative estimate of drug-likeness (QED) is 0.485. The lowest BCUT2D eigenvalue weighted by Gasteiger charge is -2.10. The number of para-hydroxylation sites is 2. The molecule has 3 nitrogen and oxygen atoms in total. The predicted octanol–water partition coefficient (Wildman–Crippen LogP) is 4.93. The van der Waals surface area contributed by atoms with Gasteiger partial charge in [-0.05, 0) is 24.3 Å². The average Bonchev–Trinajstić information content (AvgIpc) is 2.48. The van der Waals surface area contributed by atoms with Crippen molar-refractivity contribution in [3.05, 3.63) is 60.2 Å². The largest absolute Gasteiger partial charge is 0.418 e. The Labute approximate surface area is 124 Å². The molecular formula is C14H10ClF3N2O. The molecule has 0 unspecified atom stereocenters. The Morgan fingerprint density at radius 3 is 2.05 bits per heavy atom. The highest BCUT2D eigenvalue weighted by atomic mass is 35.5. The fourth-order valence-electron chi connectivity index (χ4n) is 1.37. The highest BCUT2D eigenvalue weighted by molar-refractivity contribution is 6.24. The molecule has 0 bridgehead atoms. The number of halogens is 4. The van der Waals surface area contributed by atoms with Crippen molar-refractivity contribution in [2.75, 3.05) is 4.84 Å². The van der Waals surface area contributed by atoms with E-state index in [2.05, 4.69) is 4.99 Å². The summed E-state index contributed by atoms with van der Waals surface area (Å²) < 4.78 is 36.4. The zero-order valence-electron chi connectivity index (χ0n) is 10.6. The van der Waals surface area contributed by atoms with Crippen LogP contribution in [0.5, 0.6) is 0 Å². The summed E-state index contributed by atoms with van der Waals surface area (Å²) in [6, 6.07) is 14.0. The molecule has 2 aromatic carbocycles. The summed E-state index contributed by atoms with van der Waals surface area (Å²) in [4.78, 5) is 15.0. The van der Waals surface area contributed by atoms with E-state index in [1.54, 1.807) is 12.1 Å². The van der Waals surface area contributed by atoms with Crippen molar-refractivity contribution >= 4 is 29.2 Å². The molecule has 0 amide bonds.